The van der Waals surface area contributed by atoms with Gasteiger partial charge in [0.05, 0.1) is 5.41 Å². The zero-order valence-electron chi connectivity index (χ0n) is 20.7. The van der Waals surface area contributed by atoms with Crippen LogP contribution >= 0.6 is 0 Å². The van der Waals surface area contributed by atoms with E-state index >= 15 is 0 Å². The number of ether oxygens (including phenoxy) is 1. The van der Waals surface area contributed by atoms with Gasteiger partial charge in [-0.05, 0) is 61.1 Å². The highest BCUT2D eigenvalue weighted by atomic mass is 16.5. The molecular weight excluding hydrogens is 448 g/mol. The van der Waals surface area contributed by atoms with Crippen LogP contribution in [0.15, 0.2) is 84.9 Å². The largest absolute Gasteiger partial charge is 0.381 e. The normalized spacial score (nSPS) is 18.3. The number of hydrogen-bond donors (Lipinski definition) is 2. The molecule has 36 heavy (non-hydrogen) atoms. The monoisotopic (exact) mass is 482 g/mol. The summed E-state index contributed by atoms with van der Waals surface area (Å²) >= 11 is 0. The smallest absolute Gasteiger partial charge is 0.251 e. The second-order valence-corrected chi connectivity index (χ2v) is 10.1. The van der Waals surface area contributed by atoms with Crippen LogP contribution in [0.2, 0.25) is 0 Å². The minimum atomic E-state index is -0.609. The molecule has 3 aromatic rings. The van der Waals surface area contributed by atoms with Crippen molar-refractivity contribution in [3.05, 3.63) is 102 Å². The molecule has 5 rings (SSSR count). The van der Waals surface area contributed by atoms with Crippen LogP contribution in [0.5, 0.6) is 0 Å². The summed E-state index contributed by atoms with van der Waals surface area (Å²) in [6.07, 6.45) is 5.86. The fourth-order valence-corrected chi connectivity index (χ4v) is 5.84. The van der Waals surface area contributed by atoms with E-state index in [0.29, 0.717) is 43.9 Å². The van der Waals surface area contributed by atoms with Crippen LogP contribution in [0, 0.1) is 0 Å². The number of nitrogens with one attached hydrogen (secondary N) is 2. The molecule has 0 radical (unpaired) electrons. The molecule has 0 unspecified atom stereocenters. The van der Waals surface area contributed by atoms with Gasteiger partial charge in [0.25, 0.3) is 5.91 Å². The van der Waals surface area contributed by atoms with Crippen molar-refractivity contribution in [2.24, 2.45) is 0 Å². The molecule has 5 heteroatoms. The Bertz CT molecular complexity index is 1160. The van der Waals surface area contributed by atoms with E-state index in [1.807, 2.05) is 48.5 Å². The summed E-state index contributed by atoms with van der Waals surface area (Å²) in [5, 5.41) is 6.27. The van der Waals surface area contributed by atoms with Crippen LogP contribution in [-0.4, -0.2) is 31.6 Å². The molecule has 2 aliphatic rings. The van der Waals surface area contributed by atoms with E-state index in [4.69, 9.17) is 4.74 Å². The fourth-order valence-electron chi connectivity index (χ4n) is 5.84. The van der Waals surface area contributed by atoms with Gasteiger partial charge < -0.3 is 15.4 Å². The highest BCUT2D eigenvalue weighted by Crippen LogP contribution is 2.40. The lowest BCUT2D eigenvalue weighted by Crippen LogP contribution is -2.44. The van der Waals surface area contributed by atoms with E-state index in [1.165, 1.54) is 18.4 Å². The van der Waals surface area contributed by atoms with Crippen molar-refractivity contribution in [2.45, 2.75) is 49.4 Å². The Morgan fingerprint density at radius 1 is 0.722 bits per heavy atom. The number of anilines is 1. The summed E-state index contributed by atoms with van der Waals surface area (Å²) in [4.78, 5) is 26.5. The van der Waals surface area contributed by atoms with Crippen LogP contribution < -0.4 is 10.6 Å². The molecule has 0 bridgehead atoms. The first-order valence-corrected chi connectivity index (χ1v) is 13.0. The predicted molar refractivity (Wildman–Crippen MR) is 142 cm³/mol. The number of hydrogen-bond acceptors (Lipinski definition) is 3. The van der Waals surface area contributed by atoms with Crippen LogP contribution in [0.25, 0.3) is 0 Å². The lowest BCUT2D eigenvalue weighted by molar-refractivity contribution is -0.125. The van der Waals surface area contributed by atoms with E-state index in [1.54, 1.807) is 12.1 Å². The maximum Gasteiger partial charge on any atom is 0.251 e. The lowest BCUT2D eigenvalue weighted by Gasteiger charge is -2.36. The minimum Gasteiger partial charge on any atom is -0.381 e. The van der Waals surface area contributed by atoms with Crippen molar-refractivity contribution in [3.8, 4) is 0 Å². The molecule has 1 aliphatic heterocycles. The van der Waals surface area contributed by atoms with Gasteiger partial charge in [0.2, 0.25) is 5.91 Å². The molecule has 1 saturated carbocycles. The van der Waals surface area contributed by atoms with Gasteiger partial charge in [-0.3, -0.25) is 9.59 Å². The zero-order chi connectivity index (χ0) is 24.8. The highest BCUT2D eigenvalue weighted by Gasteiger charge is 2.41. The van der Waals surface area contributed by atoms with E-state index < -0.39 is 5.41 Å². The Morgan fingerprint density at radius 2 is 1.31 bits per heavy atom. The summed E-state index contributed by atoms with van der Waals surface area (Å²) in [5.41, 5.74) is 3.01. The first kappa shape index (κ1) is 24.3. The topological polar surface area (TPSA) is 67.4 Å². The van der Waals surface area contributed by atoms with Crippen molar-refractivity contribution in [3.63, 3.8) is 0 Å². The van der Waals surface area contributed by atoms with Crippen molar-refractivity contribution >= 4 is 17.5 Å². The van der Waals surface area contributed by atoms with Crippen LogP contribution in [0.4, 0.5) is 5.69 Å². The number of amides is 2. The third-order valence-corrected chi connectivity index (χ3v) is 8.05. The molecule has 5 nitrogen and oxygen atoms in total. The third-order valence-electron chi connectivity index (χ3n) is 8.05. The molecule has 1 saturated heterocycles. The summed E-state index contributed by atoms with van der Waals surface area (Å²) in [7, 11) is 0. The molecule has 0 spiro atoms. The summed E-state index contributed by atoms with van der Waals surface area (Å²) < 4.78 is 5.56. The van der Waals surface area contributed by atoms with Gasteiger partial charge in [0, 0.05) is 36.4 Å². The van der Waals surface area contributed by atoms with E-state index in [-0.39, 0.29) is 17.2 Å². The van der Waals surface area contributed by atoms with Gasteiger partial charge in [0.1, 0.15) is 0 Å². The zero-order valence-corrected chi connectivity index (χ0v) is 20.7. The average Bonchev–Trinajstić information content (AvgIpc) is 3.44. The van der Waals surface area contributed by atoms with Gasteiger partial charge in [-0.2, -0.15) is 0 Å². The molecule has 1 aliphatic carbocycles. The van der Waals surface area contributed by atoms with Crippen molar-refractivity contribution < 1.29 is 14.3 Å². The highest BCUT2D eigenvalue weighted by molar-refractivity contribution is 6.00. The van der Waals surface area contributed by atoms with Gasteiger partial charge in [0.15, 0.2) is 0 Å². The van der Waals surface area contributed by atoms with E-state index in [2.05, 4.69) is 34.9 Å². The van der Waals surface area contributed by atoms with Crippen molar-refractivity contribution in [1.29, 1.82) is 0 Å². The molecular formula is C31H34N2O3. The molecule has 2 amide bonds. The number of carbonyl (C=O) groups is 2. The van der Waals surface area contributed by atoms with Gasteiger partial charge in [-0.15, -0.1) is 0 Å². The van der Waals surface area contributed by atoms with Crippen LogP contribution in [0.1, 0.15) is 60.0 Å². The molecule has 186 valence electrons. The Hall–Kier alpha value is -3.44. The number of carbonyl (C=O) groups excluding carboxylic acids is 2. The summed E-state index contributed by atoms with van der Waals surface area (Å²) in [6.45, 7) is 1.76. The molecule has 1 heterocycles. The molecule has 0 aromatic heterocycles. The number of rotatable bonds is 7. The average molecular weight is 483 g/mol. The standard InChI is InChI=1S/C31H34N2O3/c34-28(32-23-30(17-7-8-18-30)25-9-3-1-4-10-25)24-13-15-27(16-14-24)33-29(35)31(19-21-36-22-20-31)26-11-5-2-6-12-26/h1-6,9-16H,7-8,17-23H2,(H,32,34)(H,33,35). The van der Waals surface area contributed by atoms with Gasteiger partial charge in [-0.25, -0.2) is 0 Å². The van der Waals surface area contributed by atoms with Crippen LogP contribution in [0.3, 0.4) is 0 Å². The van der Waals surface area contributed by atoms with Gasteiger partial charge in [-0.1, -0.05) is 73.5 Å². The lowest BCUT2D eigenvalue weighted by atomic mass is 9.73. The SMILES string of the molecule is O=C(NCC1(c2ccccc2)CCCC1)c1ccc(NC(=O)C2(c3ccccc3)CCOCC2)cc1. The van der Waals surface area contributed by atoms with E-state index in [0.717, 1.165) is 18.4 Å². The Labute approximate surface area is 213 Å². The summed E-state index contributed by atoms with van der Waals surface area (Å²) in [6, 6.07) is 27.7. The maximum absolute atomic E-state index is 13.5. The first-order valence-electron chi connectivity index (χ1n) is 13.0. The quantitative estimate of drug-likeness (QED) is 0.460. The Morgan fingerprint density at radius 3 is 1.92 bits per heavy atom. The van der Waals surface area contributed by atoms with Crippen molar-refractivity contribution in [1.82, 2.24) is 5.32 Å². The third kappa shape index (κ3) is 4.93. The first-order chi connectivity index (χ1) is 17.6. The van der Waals surface area contributed by atoms with E-state index in [9.17, 15) is 9.59 Å². The molecule has 0 atom stereocenters. The van der Waals surface area contributed by atoms with Crippen molar-refractivity contribution in [2.75, 3.05) is 25.1 Å². The maximum atomic E-state index is 13.5. The Kier molecular flexibility index (Phi) is 7.19. The second kappa shape index (κ2) is 10.7. The summed E-state index contributed by atoms with van der Waals surface area (Å²) in [5.74, 6) is -0.111. The minimum absolute atomic E-state index is 0.0142. The second-order valence-electron chi connectivity index (χ2n) is 10.1. The molecule has 2 fully saturated rings. The fraction of sp³-hybridized carbons (Fsp3) is 0.355. The molecule has 3 aromatic carbocycles. The number of benzene rings is 3. The van der Waals surface area contributed by atoms with Gasteiger partial charge >= 0.3 is 0 Å². The van der Waals surface area contributed by atoms with Crippen LogP contribution in [-0.2, 0) is 20.4 Å². The predicted octanol–water partition coefficient (Wildman–Crippen LogP) is 5.62. The Balaban J connectivity index is 1.25. The molecule has 2 N–H and O–H groups in total.